The third-order valence-electron chi connectivity index (χ3n) is 5.02. The van der Waals surface area contributed by atoms with Crippen molar-refractivity contribution >= 4 is 5.91 Å². The molecule has 0 spiro atoms. The number of carbonyl (C=O) groups excluding carboxylic acids is 1. The van der Waals surface area contributed by atoms with Gasteiger partial charge in [-0.25, -0.2) is 4.68 Å². The minimum Gasteiger partial charge on any atom is -0.349 e. The lowest BCUT2D eigenvalue weighted by atomic mass is 10.1. The number of nitrogens with one attached hydrogen (secondary N) is 1. The van der Waals surface area contributed by atoms with Crippen LogP contribution in [0.15, 0.2) is 30.5 Å². The van der Waals surface area contributed by atoms with Crippen LogP contribution in [-0.2, 0) is 11.0 Å². The summed E-state index contributed by atoms with van der Waals surface area (Å²) in [4.78, 5) is 12.3. The molecule has 1 fully saturated rings. The van der Waals surface area contributed by atoms with Crippen molar-refractivity contribution in [2.45, 2.75) is 51.7 Å². The minimum absolute atomic E-state index is 0.0428. The van der Waals surface area contributed by atoms with Gasteiger partial charge in [0.1, 0.15) is 0 Å². The highest BCUT2D eigenvalue weighted by Crippen LogP contribution is 2.31. The molecule has 0 aliphatic heterocycles. The molecule has 26 heavy (non-hydrogen) atoms. The van der Waals surface area contributed by atoms with Gasteiger partial charge in [-0.05, 0) is 44.9 Å². The van der Waals surface area contributed by atoms with E-state index < -0.39 is 11.7 Å². The Morgan fingerprint density at radius 3 is 2.65 bits per heavy atom. The van der Waals surface area contributed by atoms with Gasteiger partial charge in [0.2, 0.25) is 5.91 Å². The molecule has 1 aliphatic rings. The third kappa shape index (κ3) is 3.76. The number of hydrogen-bond donors (Lipinski definition) is 1. The molecule has 1 heterocycles. The van der Waals surface area contributed by atoms with Gasteiger partial charge in [-0.1, -0.05) is 18.9 Å². The number of rotatable bonds is 4. The van der Waals surface area contributed by atoms with Crippen LogP contribution >= 0.6 is 0 Å². The van der Waals surface area contributed by atoms with Crippen molar-refractivity contribution in [2.24, 2.45) is 5.92 Å². The molecule has 0 bridgehead atoms. The zero-order valence-electron chi connectivity index (χ0n) is 14.8. The first-order chi connectivity index (χ1) is 12.3. The Morgan fingerprint density at radius 1 is 1.31 bits per heavy atom. The van der Waals surface area contributed by atoms with Crippen molar-refractivity contribution in [3.63, 3.8) is 0 Å². The third-order valence-corrected chi connectivity index (χ3v) is 5.02. The van der Waals surface area contributed by atoms with Gasteiger partial charge in [0, 0.05) is 17.2 Å². The summed E-state index contributed by atoms with van der Waals surface area (Å²) in [5, 5.41) is 7.24. The topological polar surface area (TPSA) is 46.9 Å². The number of nitrogens with zero attached hydrogens (tertiary/aromatic N) is 2. The number of benzene rings is 1. The van der Waals surface area contributed by atoms with E-state index in [0.29, 0.717) is 11.4 Å². The van der Waals surface area contributed by atoms with Gasteiger partial charge in [0.15, 0.2) is 0 Å². The molecule has 0 unspecified atom stereocenters. The zero-order valence-corrected chi connectivity index (χ0v) is 14.8. The van der Waals surface area contributed by atoms with Crippen molar-refractivity contribution in [1.82, 2.24) is 15.1 Å². The monoisotopic (exact) mass is 365 g/mol. The van der Waals surface area contributed by atoms with Crippen LogP contribution in [0, 0.1) is 12.8 Å². The molecule has 0 radical (unpaired) electrons. The van der Waals surface area contributed by atoms with E-state index in [1.54, 1.807) is 19.2 Å². The average molecular weight is 365 g/mol. The van der Waals surface area contributed by atoms with Crippen LogP contribution < -0.4 is 5.32 Å². The first-order valence-electron chi connectivity index (χ1n) is 8.80. The Balaban J connectivity index is 1.80. The Morgan fingerprint density at radius 2 is 2.00 bits per heavy atom. The number of alkyl halides is 3. The Kier molecular flexibility index (Phi) is 5.07. The molecule has 1 aliphatic carbocycles. The van der Waals surface area contributed by atoms with Crippen molar-refractivity contribution in [3.05, 3.63) is 47.3 Å². The van der Waals surface area contributed by atoms with E-state index >= 15 is 0 Å². The second kappa shape index (κ2) is 7.13. The normalized spacial score (nSPS) is 16.7. The van der Waals surface area contributed by atoms with Crippen molar-refractivity contribution in [2.75, 3.05) is 0 Å². The molecule has 7 heteroatoms. The number of halogens is 3. The quantitative estimate of drug-likeness (QED) is 0.863. The van der Waals surface area contributed by atoms with Crippen LogP contribution in [-0.4, -0.2) is 15.7 Å². The maximum absolute atomic E-state index is 12.9. The highest BCUT2D eigenvalue weighted by atomic mass is 19.4. The minimum atomic E-state index is -4.40. The van der Waals surface area contributed by atoms with E-state index in [1.807, 2.05) is 6.92 Å². The van der Waals surface area contributed by atoms with E-state index in [9.17, 15) is 18.0 Å². The van der Waals surface area contributed by atoms with Crippen LogP contribution in [0.25, 0.3) is 5.69 Å². The summed E-state index contributed by atoms with van der Waals surface area (Å²) in [6.45, 7) is 3.66. The highest BCUT2D eigenvalue weighted by Gasteiger charge is 2.31. The van der Waals surface area contributed by atoms with Crippen molar-refractivity contribution < 1.29 is 18.0 Å². The molecule has 1 atom stereocenters. The predicted octanol–water partition coefficient (Wildman–Crippen LogP) is 4.57. The van der Waals surface area contributed by atoms with Gasteiger partial charge < -0.3 is 5.32 Å². The number of amides is 1. The maximum atomic E-state index is 12.9. The fraction of sp³-hybridized carbons (Fsp3) is 0.474. The smallest absolute Gasteiger partial charge is 0.349 e. The molecule has 1 aromatic heterocycles. The molecule has 4 nitrogen and oxygen atoms in total. The van der Waals surface area contributed by atoms with Gasteiger partial charge in [0.05, 0.1) is 23.5 Å². The lowest BCUT2D eigenvalue weighted by molar-refractivity contribution is -0.137. The summed E-state index contributed by atoms with van der Waals surface area (Å²) in [5.41, 5.74) is 1.14. The molecule has 1 amide bonds. The molecule has 3 rings (SSSR count). The Hall–Kier alpha value is -2.31. The number of carbonyl (C=O) groups is 1. The molecule has 1 saturated carbocycles. The van der Waals surface area contributed by atoms with E-state index in [4.69, 9.17) is 0 Å². The second-order valence-corrected chi connectivity index (χ2v) is 6.86. The van der Waals surface area contributed by atoms with Crippen LogP contribution in [0.5, 0.6) is 0 Å². The summed E-state index contributed by atoms with van der Waals surface area (Å²) in [7, 11) is 0. The van der Waals surface area contributed by atoms with Gasteiger partial charge in [0.25, 0.3) is 0 Å². The van der Waals surface area contributed by atoms with Crippen LogP contribution in [0.1, 0.15) is 55.5 Å². The summed E-state index contributed by atoms with van der Waals surface area (Å²) in [6.07, 6.45) is 1.21. The molecule has 1 N–H and O–H groups in total. The average Bonchev–Trinajstić information content (AvgIpc) is 3.23. The first-order valence-corrected chi connectivity index (χ1v) is 8.80. The lowest BCUT2D eigenvalue weighted by Crippen LogP contribution is -2.31. The molecule has 0 saturated heterocycles. The molecule has 140 valence electrons. The maximum Gasteiger partial charge on any atom is 0.416 e. The number of hydrogen-bond acceptors (Lipinski definition) is 2. The molecule has 1 aromatic carbocycles. The molecule has 2 aromatic rings. The van der Waals surface area contributed by atoms with E-state index in [1.165, 1.54) is 10.7 Å². The lowest BCUT2D eigenvalue weighted by Gasteiger charge is -2.17. The van der Waals surface area contributed by atoms with E-state index in [-0.39, 0.29) is 17.9 Å². The summed E-state index contributed by atoms with van der Waals surface area (Å²) in [5.74, 6) is 0.109. The molecular formula is C19H22F3N3O. The fourth-order valence-electron chi connectivity index (χ4n) is 3.52. The Bertz CT molecular complexity index is 792. The van der Waals surface area contributed by atoms with E-state index in [0.717, 1.165) is 43.4 Å². The van der Waals surface area contributed by atoms with Gasteiger partial charge in [-0.3, -0.25) is 4.79 Å². The second-order valence-electron chi connectivity index (χ2n) is 6.86. The van der Waals surface area contributed by atoms with Crippen LogP contribution in [0.3, 0.4) is 0 Å². The first kappa shape index (κ1) is 18.5. The van der Waals surface area contributed by atoms with Gasteiger partial charge in [-0.2, -0.15) is 18.3 Å². The van der Waals surface area contributed by atoms with Crippen molar-refractivity contribution in [3.8, 4) is 5.69 Å². The SMILES string of the molecule is Cc1c([C@@H](C)NC(=O)C2CCCC2)cnn1-c1cccc(C(F)(F)F)c1. The van der Waals surface area contributed by atoms with Crippen molar-refractivity contribution in [1.29, 1.82) is 0 Å². The standard InChI is InChI=1S/C19H22F3N3O/c1-12(24-18(26)14-6-3-4-7-14)17-11-23-25(13(17)2)16-9-5-8-15(10-16)19(20,21)22/h5,8-12,14H,3-4,6-7H2,1-2H3,(H,24,26)/t12-/m1/s1. The van der Waals surface area contributed by atoms with Crippen LogP contribution in [0.2, 0.25) is 0 Å². The number of aromatic nitrogens is 2. The highest BCUT2D eigenvalue weighted by molar-refractivity contribution is 5.79. The summed E-state index contributed by atoms with van der Waals surface area (Å²) < 4.78 is 40.3. The zero-order chi connectivity index (χ0) is 18.9. The fourth-order valence-corrected chi connectivity index (χ4v) is 3.52. The van der Waals surface area contributed by atoms with Gasteiger partial charge in [-0.15, -0.1) is 0 Å². The molecular weight excluding hydrogens is 343 g/mol. The Labute approximate surface area is 150 Å². The predicted molar refractivity (Wildman–Crippen MR) is 91.8 cm³/mol. The van der Waals surface area contributed by atoms with Crippen LogP contribution in [0.4, 0.5) is 13.2 Å². The van der Waals surface area contributed by atoms with E-state index in [2.05, 4.69) is 10.4 Å². The summed E-state index contributed by atoms with van der Waals surface area (Å²) >= 11 is 0. The summed E-state index contributed by atoms with van der Waals surface area (Å²) in [6, 6.07) is 4.81. The largest absolute Gasteiger partial charge is 0.416 e. The van der Waals surface area contributed by atoms with Gasteiger partial charge >= 0.3 is 6.18 Å².